The van der Waals surface area contributed by atoms with E-state index >= 15 is 0 Å². The van der Waals surface area contributed by atoms with Gasteiger partial charge in [-0.25, -0.2) is 9.18 Å². The molecule has 6 heteroatoms. The standard InChI is InChI=1S/C18H20FNO4/c1-11(14-8-16(23-2)17(24-3)9-15(14)19)20-10-12-4-6-13(7-5-12)18(21)22/h4-9,11,20H,10H2,1-3H3,(H,21,22). The zero-order chi connectivity index (χ0) is 17.7. The lowest BCUT2D eigenvalue weighted by molar-refractivity contribution is 0.0697. The molecule has 128 valence electrons. The smallest absolute Gasteiger partial charge is 0.335 e. The van der Waals surface area contributed by atoms with Gasteiger partial charge in [0.25, 0.3) is 0 Å². The summed E-state index contributed by atoms with van der Waals surface area (Å²) >= 11 is 0. The second-order valence-corrected chi connectivity index (χ2v) is 5.33. The number of halogens is 1. The van der Waals surface area contributed by atoms with Gasteiger partial charge in [-0.3, -0.25) is 0 Å². The molecule has 5 nitrogen and oxygen atoms in total. The summed E-state index contributed by atoms with van der Waals surface area (Å²) in [6.07, 6.45) is 0. The molecule has 1 atom stereocenters. The molecule has 2 aromatic rings. The lowest BCUT2D eigenvalue weighted by Crippen LogP contribution is -2.19. The molecule has 0 radical (unpaired) electrons. The number of methoxy groups -OCH3 is 2. The maximum Gasteiger partial charge on any atom is 0.335 e. The zero-order valence-electron chi connectivity index (χ0n) is 13.8. The van der Waals surface area contributed by atoms with Crippen molar-refractivity contribution >= 4 is 5.97 Å². The number of hydrogen-bond donors (Lipinski definition) is 2. The number of carboxylic acid groups (broad SMARTS) is 1. The molecule has 0 bridgehead atoms. The molecule has 2 N–H and O–H groups in total. The van der Waals surface area contributed by atoms with Crippen molar-refractivity contribution < 1.29 is 23.8 Å². The summed E-state index contributed by atoms with van der Waals surface area (Å²) in [4.78, 5) is 10.8. The molecule has 0 aliphatic heterocycles. The third-order valence-corrected chi connectivity index (χ3v) is 3.78. The van der Waals surface area contributed by atoms with Crippen LogP contribution in [0.5, 0.6) is 11.5 Å². The van der Waals surface area contributed by atoms with Crippen LogP contribution < -0.4 is 14.8 Å². The Hall–Kier alpha value is -2.60. The average molecular weight is 333 g/mol. The van der Waals surface area contributed by atoms with Gasteiger partial charge in [-0.15, -0.1) is 0 Å². The van der Waals surface area contributed by atoms with Crippen molar-refractivity contribution in [3.8, 4) is 11.5 Å². The van der Waals surface area contributed by atoms with E-state index in [1.54, 1.807) is 30.3 Å². The molecule has 0 aliphatic carbocycles. The van der Waals surface area contributed by atoms with Gasteiger partial charge >= 0.3 is 5.97 Å². The topological polar surface area (TPSA) is 67.8 Å². The van der Waals surface area contributed by atoms with E-state index < -0.39 is 5.97 Å². The van der Waals surface area contributed by atoms with Gasteiger partial charge in [0.2, 0.25) is 0 Å². The summed E-state index contributed by atoms with van der Waals surface area (Å²) in [6.45, 7) is 2.32. The first kappa shape index (κ1) is 17.7. The number of ether oxygens (including phenoxy) is 2. The van der Waals surface area contributed by atoms with Crippen LogP contribution in [-0.4, -0.2) is 25.3 Å². The van der Waals surface area contributed by atoms with E-state index in [0.717, 1.165) is 5.56 Å². The highest BCUT2D eigenvalue weighted by molar-refractivity contribution is 5.87. The van der Waals surface area contributed by atoms with Crippen LogP contribution >= 0.6 is 0 Å². The van der Waals surface area contributed by atoms with Crippen molar-refractivity contribution in [2.24, 2.45) is 0 Å². The summed E-state index contributed by atoms with van der Waals surface area (Å²) in [7, 11) is 2.96. The monoisotopic (exact) mass is 333 g/mol. The van der Waals surface area contributed by atoms with E-state index in [0.29, 0.717) is 23.6 Å². The van der Waals surface area contributed by atoms with Crippen molar-refractivity contribution in [3.05, 3.63) is 58.9 Å². The normalized spacial score (nSPS) is 11.8. The number of benzene rings is 2. The zero-order valence-corrected chi connectivity index (χ0v) is 13.8. The minimum absolute atomic E-state index is 0.234. The van der Waals surface area contributed by atoms with Gasteiger partial charge in [-0.05, 0) is 30.7 Å². The Labute approximate surface area is 140 Å². The second kappa shape index (κ2) is 7.79. The van der Waals surface area contributed by atoms with Crippen LogP contribution in [0.25, 0.3) is 0 Å². The lowest BCUT2D eigenvalue weighted by atomic mass is 10.1. The average Bonchev–Trinajstić information content (AvgIpc) is 2.59. The summed E-state index contributed by atoms with van der Waals surface area (Å²) < 4.78 is 24.5. The molecular formula is C18H20FNO4. The SMILES string of the molecule is COc1cc(F)c(C(C)NCc2ccc(C(=O)O)cc2)cc1OC. The molecule has 0 aromatic heterocycles. The number of aromatic carboxylic acids is 1. The molecule has 0 aliphatic rings. The Morgan fingerprint density at radius 2 is 1.75 bits per heavy atom. The predicted molar refractivity (Wildman–Crippen MR) is 88.2 cm³/mol. The van der Waals surface area contributed by atoms with E-state index in [1.165, 1.54) is 20.3 Å². The molecular weight excluding hydrogens is 313 g/mol. The van der Waals surface area contributed by atoms with Crippen LogP contribution in [0, 0.1) is 5.82 Å². The molecule has 0 amide bonds. The minimum atomic E-state index is -0.963. The summed E-state index contributed by atoms with van der Waals surface area (Å²) in [5.41, 5.74) is 1.61. The van der Waals surface area contributed by atoms with Gasteiger partial charge in [0.05, 0.1) is 19.8 Å². The fourth-order valence-corrected chi connectivity index (χ4v) is 2.35. The number of nitrogens with one attached hydrogen (secondary N) is 1. The minimum Gasteiger partial charge on any atom is -0.493 e. The van der Waals surface area contributed by atoms with Gasteiger partial charge in [0, 0.05) is 24.2 Å². The largest absolute Gasteiger partial charge is 0.493 e. The van der Waals surface area contributed by atoms with Gasteiger partial charge in [0.15, 0.2) is 11.5 Å². The molecule has 24 heavy (non-hydrogen) atoms. The Morgan fingerprint density at radius 1 is 1.17 bits per heavy atom. The van der Waals surface area contributed by atoms with E-state index in [-0.39, 0.29) is 17.4 Å². The highest BCUT2D eigenvalue weighted by Gasteiger charge is 2.16. The second-order valence-electron chi connectivity index (χ2n) is 5.33. The molecule has 2 rings (SSSR count). The van der Waals surface area contributed by atoms with E-state index in [4.69, 9.17) is 14.6 Å². The van der Waals surface area contributed by atoms with Gasteiger partial charge in [-0.2, -0.15) is 0 Å². The fraction of sp³-hybridized carbons (Fsp3) is 0.278. The molecule has 0 saturated carbocycles. The first-order valence-corrected chi connectivity index (χ1v) is 7.43. The predicted octanol–water partition coefficient (Wildman–Crippen LogP) is 3.39. The van der Waals surface area contributed by atoms with Crippen molar-refractivity contribution in [2.45, 2.75) is 19.5 Å². The molecule has 0 heterocycles. The van der Waals surface area contributed by atoms with Gasteiger partial charge in [0.1, 0.15) is 5.82 Å². The highest BCUT2D eigenvalue weighted by atomic mass is 19.1. The van der Waals surface area contributed by atoms with E-state index in [9.17, 15) is 9.18 Å². The maximum atomic E-state index is 14.2. The molecule has 0 saturated heterocycles. The van der Waals surface area contributed by atoms with Crippen molar-refractivity contribution in [1.82, 2.24) is 5.32 Å². The van der Waals surface area contributed by atoms with Crippen LogP contribution in [0.2, 0.25) is 0 Å². The third-order valence-electron chi connectivity index (χ3n) is 3.78. The van der Waals surface area contributed by atoms with Crippen LogP contribution in [-0.2, 0) is 6.54 Å². The number of carbonyl (C=O) groups is 1. The third kappa shape index (κ3) is 4.02. The van der Waals surface area contributed by atoms with Gasteiger partial charge < -0.3 is 19.9 Å². The van der Waals surface area contributed by atoms with Gasteiger partial charge in [-0.1, -0.05) is 12.1 Å². The Kier molecular flexibility index (Phi) is 5.76. The van der Waals surface area contributed by atoms with E-state index in [1.807, 2.05) is 6.92 Å². The van der Waals surface area contributed by atoms with Crippen LogP contribution in [0.15, 0.2) is 36.4 Å². The van der Waals surface area contributed by atoms with Crippen molar-refractivity contribution in [1.29, 1.82) is 0 Å². The Morgan fingerprint density at radius 3 is 2.29 bits per heavy atom. The first-order chi connectivity index (χ1) is 11.5. The number of carboxylic acids is 1. The summed E-state index contributed by atoms with van der Waals surface area (Å²) in [5, 5.41) is 12.1. The number of rotatable bonds is 7. The maximum absolute atomic E-state index is 14.2. The Balaban J connectivity index is 2.09. The molecule has 2 aromatic carbocycles. The molecule has 0 spiro atoms. The number of hydrogen-bond acceptors (Lipinski definition) is 4. The van der Waals surface area contributed by atoms with Crippen molar-refractivity contribution in [2.75, 3.05) is 14.2 Å². The molecule has 0 fully saturated rings. The van der Waals surface area contributed by atoms with E-state index in [2.05, 4.69) is 5.32 Å². The lowest BCUT2D eigenvalue weighted by Gasteiger charge is -2.17. The Bertz CT molecular complexity index is 716. The first-order valence-electron chi connectivity index (χ1n) is 7.43. The quantitative estimate of drug-likeness (QED) is 0.813. The van der Waals surface area contributed by atoms with Crippen molar-refractivity contribution in [3.63, 3.8) is 0 Å². The fourth-order valence-electron chi connectivity index (χ4n) is 2.35. The van der Waals surface area contributed by atoms with Crippen LogP contribution in [0.1, 0.15) is 34.5 Å². The summed E-state index contributed by atoms with van der Waals surface area (Å²) in [5.74, 6) is -0.535. The van der Waals surface area contributed by atoms with Crippen LogP contribution in [0.4, 0.5) is 4.39 Å². The summed E-state index contributed by atoms with van der Waals surface area (Å²) in [6, 6.07) is 9.20. The highest BCUT2D eigenvalue weighted by Crippen LogP contribution is 2.32. The molecule has 1 unspecified atom stereocenters. The van der Waals surface area contributed by atoms with Crippen LogP contribution in [0.3, 0.4) is 0 Å².